The molecule has 1 N–H and O–H groups in total. The van der Waals surface area contributed by atoms with Crippen LogP contribution in [0, 0.1) is 24.2 Å². The normalized spacial score (nSPS) is 15.5. The van der Waals surface area contributed by atoms with Crippen molar-refractivity contribution in [1.82, 2.24) is 14.6 Å². The summed E-state index contributed by atoms with van der Waals surface area (Å²) >= 11 is 0. The minimum atomic E-state index is 0.0914. The number of fused-ring (bicyclic) bond motifs is 1. The van der Waals surface area contributed by atoms with Crippen LogP contribution in [0.3, 0.4) is 0 Å². The molecular formula is C23H25N7O. The van der Waals surface area contributed by atoms with Crippen LogP contribution < -0.4 is 15.1 Å². The van der Waals surface area contributed by atoms with Crippen molar-refractivity contribution >= 4 is 34.6 Å². The first kappa shape index (κ1) is 19.4. The van der Waals surface area contributed by atoms with Gasteiger partial charge in [-0.25, -0.2) is 4.98 Å². The summed E-state index contributed by atoms with van der Waals surface area (Å²) < 4.78 is 1.74. The number of hydrogen-bond donors (Lipinski definition) is 1. The van der Waals surface area contributed by atoms with Crippen LogP contribution in [-0.4, -0.2) is 40.6 Å². The number of carbonyl (C=O) groups is 1. The molecular weight excluding hydrogens is 390 g/mol. The summed E-state index contributed by atoms with van der Waals surface area (Å²) in [5.74, 6) is 1.87. The van der Waals surface area contributed by atoms with Gasteiger partial charge in [0.1, 0.15) is 23.3 Å². The third-order valence-electron chi connectivity index (χ3n) is 6.17. The largest absolute Gasteiger partial charge is 0.356 e. The zero-order valence-corrected chi connectivity index (χ0v) is 18.0. The number of carbonyl (C=O) groups excluding carboxylic acids is 1. The number of benzene rings is 1. The lowest BCUT2D eigenvalue weighted by Gasteiger charge is -2.24. The van der Waals surface area contributed by atoms with Crippen LogP contribution in [0.25, 0.3) is 5.65 Å². The Morgan fingerprint density at radius 2 is 2.00 bits per heavy atom. The fourth-order valence-corrected chi connectivity index (χ4v) is 3.75. The van der Waals surface area contributed by atoms with E-state index < -0.39 is 0 Å². The molecule has 0 spiro atoms. The Labute approximate surface area is 181 Å². The molecule has 3 aromatic rings. The van der Waals surface area contributed by atoms with E-state index in [2.05, 4.69) is 28.4 Å². The summed E-state index contributed by atoms with van der Waals surface area (Å²) in [5, 5.41) is 17.0. The number of anilines is 4. The predicted molar refractivity (Wildman–Crippen MR) is 120 cm³/mol. The lowest BCUT2D eigenvalue weighted by atomic mass is 10.1. The van der Waals surface area contributed by atoms with E-state index in [1.807, 2.05) is 43.1 Å². The molecule has 5 rings (SSSR count). The molecule has 31 heavy (non-hydrogen) atoms. The standard InChI is InChI=1S/C23H25N7O/c1-14-4-7-18(10-19(14)26-23(31)15-5-6-15)28(2)20-11-21(29(3)17-8-9-17)30-22(27-20)16(12-24)13-25-30/h4,7,10-11,13,15,17H,5-6,8-9H2,1-3H3,(H,26,31). The first-order chi connectivity index (χ1) is 15.0. The topological polar surface area (TPSA) is 89.6 Å². The Kier molecular flexibility index (Phi) is 4.54. The zero-order valence-electron chi connectivity index (χ0n) is 18.0. The lowest BCUT2D eigenvalue weighted by Crippen LogP contribution is -2.24. The number of rotatable bonds is 6. The molecule has 1 amide bonds. The second kappa shape index (κ2) is 7.27. The van der Waals surface area contributed by atoms with Crippen molar-refractivity contribution in [2.75, 3.05) is 29.2 Å². The molecule has 0 atom stereocenters. The number of nitriles is 1. The molecule has 2 fully saturated rings. The summed E-state index contributed by atoms with van der Waals surface area (Å²) in [6.45, 7) is 1.99. The minimum absolute atomic E-state index is 0.0914. The van der Waals surface area contributed by atoms with Gasteiger partial charge in [0.25, 0.3) is 0 Å². The monoisotopic (exact) mass is 415 g/mol. The second-order valence-electron chi connectivity index (χ2n) is 8.54. The fraction of sp³-hybridized carbons (Fsp3) is 0.391. The van der Waals surface area contributed by atoms with Gasteiger partial charge < -0.3 is 15.1 Å². The first-order valence-electron chi connectivity index (χ1n) is 10.6. The Hall–Kier alpha value is -3.60. The summed E-state index contributed by atoms with van der Waals surface area (Å²) in [5.41, 5.74) is 3.74. The van der Waals surface area contributed by atoms with Gasteiger partial charge in [-0.1, -0.05) is 6.07 Å². The molecule has 2 aliphatic rings. The molecule has 0 radical (unpaired) electrons. The van der Waals surface area contributed by atoms with Crippen molar-refractivity contribution in [3.05, 3.63) is 41.6 Å². The van der Waals surface area contributed by atoms with Crippen molar-refractivity contribution in [2.24, 2.45) is 5.92 Å². The maximum atomic E-state index is 12.3. The number of hydrogen-bond acceptors (Lipinski definition) is 6. The Morgan fingerprint density at radius 3 is 2.68 bits per heavy atom. The van der Waals surface area contributed by atoms with Crippen molar-refractivity contribution < 1.29 is 4.79 Å². The Bertz CT molecular complexity index is 1220. The SMILES string of the molecule is Cc1ccc(N(C)c2cc(N(C)C3CC3)n3ncc(C#N)c3n2)cc1NC(=O)C1CC1. The fourth-order valence-electron chi connectivity index (χ4n) is 3.75. The quantitative estimate of drug-likeness (QED) is 0.661. The third kappa shape index (κ3) is 3.56. The highest BCUT2D eigenvalue weighted by Gasteiger charge is 2.30. The number of aryl methyl sites for hydroxylation is 1. The van der Waals surface area contributed by atoms with Gasteiger partial charge in [-0.2, -0.15) is 14.9 Å². The highest BCUT2D eigenvalue weighted by atomic mass is 16.2. The second-order valence-corrected chi connectivity index (χ2v) is 8.54. The van der Waals surface area contributed by atoms with Crippen LogP contribution in [0.15, 0.2) is 30.5 Å². The Balaban J connectivity index is 1.54. The van der Waals surface area contributed by atoms with Crippen molar-refractivity contribution in [3.8, 4) is 6.07 Å². The zero-order chi connectivity index (χ0) is 21.7. The van der Waals surface area contributed by atoms with E-state index in [1.54, 1.807) is 10.7 Å². The van der Waals surface area contributed by atoms with Crippen LogP contribution in [0.2, 0.25) is 0 Å². The molecule has 0 saturated heterocycles. The molecule has 0 aliphatic heterocycles. The average molecular weight is 416 g/mol. The van der Waals surface area contributed by atoms with Crippen molar-refractivity contribution in [3.63, 3.8) is 0 Å². The molecule has 0 unspecified atom stereocenters. The predicted octanol–water partition coefficient (Wildman–Crippen LogP) is 3.62. The number of nitrogens with zero attached hydrogens (tertiary/aromatic N) is 6. The average Bonchev–Trinajstić information content (AvgIpc) is 3.69. The number of aromatic nitrogens is 3. The van der Waals surface area contributed by atoms with Crippen molar-refractivity contribution in [2.45, 2.75) is 38.6 Å². The first-order valence-corrected chi connectivity index (χ1v) is 10.6. The van der Waals surface area contributed by atoms with Crippen LogP contribution in [-0.2, 0) is 4.79 Å². The van der Waals surface area contributed by atoms with Gasteiger partial charge in [0.05, 0.1) is 6.20 Å². The van der Waals surface area contributed by atoms with Crippen LogP contribution in [0.1, 0.15) is 36.8 Å². The van der Waals surface area contributed by atoms with Crippen LogP contribution >= 0.6 is 0 Å². The van der Waals surface area contributed by atoms with E-state index in [0.29, 0.717) is 17.3 Å². The third-order valence-corrected chi connectivity index (χ3v) is 6.17. The van der Waals surface area contributed by atoms with Gasteiger partial charge >= 0.3 is 0 Å². The smallest absolute Gasteiger partial charge is 0.227 e. The van der Waals surface area contributed by atoms with Crippen LogP contribution in [0.5, 0.6) is 0 Å². The van der Waals surface area contributed by atoms with E-state index in [-0.39, 0.29) is 11.8 Å². The molecule has 2 aromatic heterocycles. The Morgan fingerprint density at radius 1 is 1.23 bits per heavy atom. The van der Waals surface area contributed by atoms with Gasteiger partial charge in [0.2, 0.25) is 5.91 Å². The molecule has 0 bridgehead atoms. The van der Waals surface area contributed by atoms with E-state index in [1.165, 1.54) is 0 Å². The van der Waals surface area contributed by atoms with E-state index in [0.717, 1.165) is 54.3 Å². The van der Waals surface area contributed by atoms with Gasteiger partial charge in [0, 0.05) is 43.5 Å². The highest BCUT2D eigenvalue weighted by Crippen LogP contribution is 2.35. The van der Waals surface area contributed by atoms with Gasteiger partial charge in [-0.15, -0.1) is 0 Å². The number of amides is 1. The highest BCUT2D eigenvalue weighted by molar-refractivity contribution is 5.95. The molecule has 158 valence electrons. The number of nitrogens with one attached hydrogen (secondary N) is 1. The summed E-state index contributed by atoms with van der Waals surface area (Å²) in [4.78, 5) is 21.2. The maximum Gasteiger partial charge on any atom is 0.227 e. The van der Waals surface area contributed by atoms with E-state index >= 15 is 0 Å². The van der Waals surface area contributed by atoms with Gasteiger partial charge in [-0.05, 0) is 50.3 Å². The van der Waals surface area contributed by atoms with Crippen LogP contribution in [0.4, 0.5) is 23.0 Å². The lowest BCUT2D eigenvalue weighted by molar-refractivity contribution is -0.117. The minimum Gasteiger partial charge on any atom is -0.356 e. The molecule has 2 saturated carbocycles. The maximum absolute atomic E-state index is 12.3. The summed E-state index contributed by atoms with van der Waals surface area (Å²) in [6.07, 6.45) is 5.81. The summed E-state index contributed by atoms with van der Waals surface area (Å²) in [7, 11) is 4.00. The van der Waals surface area contributed by atoms with E-state index in [9.17, 15) is 10.1 Å². The van der Waals surface area contributed by atoms with E-state index in [4.69, 9.17) is 4.98 Å². The van der Waals surface area contributed by atoms with Gasteiger partial charge in [-0.3, -0.25) is 4.79 Å². The molecule has 8 heteroatoms. The molecule has 2 heterocycles. The van der Waals surface area contributed by atoms with Gasteiger partial charge in [0.15, 0.2) is 5.65 Å². The molecule has 2 aliphatic carbocycles. The molecule has 1 aromatic carbocycles. The molecule has 8 nitrogen and oxygen atoms in total. The summed E-state index contributed by atoms with van der Waals surface area (Å²) in [6, 6.07) is 10.7. The van der Waals surface area contributed by atoms with Crippen molar-refractivity contribution in [1.29, 1.82) is 5.26 Å².